The summed E-state index contributed by atoms with van der Waals surface area (Å²) < 4.78 is 12.1. The smallest absolute Gasteiger partial charge is 0.240 e. The summed E-state index contributed by atoms with van der Waals surface area (Å²) >= 11 is 15.4. The maximum Gasteiger partial charge on any atom is 0.240 e. The molecule has 36 heavy (non-hydrogen) atoms. The predicted octanol–water partition coefficient (Wildman–Crippen LogP) is 5.37. The number of carbonyl (C=O) groups excluding carboxylic acids is 2. The van der Waals surface area contributed by atoms with E-state index in [-0.39, 0.29) is 0 Å². The Labute approximate surface area is 219 Å². The van der Waals surface area contributed by atoms with Crippen LogP contribution in [0.5, 0.6) is 0 Å². The summed E-state index contributed by atoms with van der Waals surface area (Å²) in [5, 5.41) is 0. The molecule has 0 unspecified atom stereocenters. The monoisotopic (exact) mass is 519 g/mol. The van der Waals surface area contributed by atoms with Crippen LogP contribution in [0.3, 0.4) is 0 Å². The number of rotatable bonds is 5. The van der Waals surface area contributed by atoms with Crippen LogP contribution in [0.1, 0.15) is 11.1 Å². The number of hydrogen-bond acceptors (Lipinski definition) is 4. The standard InChI is InChI=1S/C29H23Cl2NO4/c1-35-29(36-2)27(30)21(18-12-6-3-7-13-18)22(19-14-8-4-9-15-19)28(29,31)24-23(27)25(33)32(26(24)34)20-16-10-5-11-17-20/h3-17,23-24H,1-2H3/t23-,24+,27-,28+. The Balaban J connectivity index is 1.70. The van der Waals surface area contributed by atoms with Crippen molar-refractivity contribution in [1.82, 2.24) is 0 Å². The lowest BCUT2D eigenvalue weighted by atomic mass is 9.72. The molecule has 2 aliphatic carbocycles. The van der Waals surface area contributed by atoms with Gasteiger partial charge in [0.1, 0.15) is 9.75 Å². The van der Waals surface area contributed by atoms with Crippen LogP contribution < -0.4 is 4.90 Å². The van der Waals surface area contributed by atoms with Gasteiger partial charge in [-0.2, -0.15) is 0 Å². The van der Waals surface area contributed by atoms with E-state index in [1.54, 1.807) is 24.3 Å². The van der Waals surface area contributed by atoms with Crippen LogP contribution in [-0.2, 0) is 19.1 Å². The molecule has 3 aromatic carbocycles. The van der Waals surface area contributed by atoms with E-state index in [2.05, 4.69) is 0 Å². The quantitative estimate of drug-likeness (QED) is 0.258. The van der Waals surface area contributed by atoms with Gasteiger partial charge >= 0.3 is 0 Å². The van der Waals surface area contributed by atoms with Crippen molar-refractivity contribution >= 4 is 51.8 Å². The number of imide groups is 1. The van der Waals surface area contributed by atoms with Crippen molar-refractivity contribution in [3.63, 3.8) is 0 Å². The van der Waals surface area contributed by atoms with Crippen molar-refractivity contribution in [2.24, 2.45) is 11.8 Å². The molecule has 1 saturated heterocycles. The Hall–Kier alpha value is -2.96. The Kier molecular flexibility index (Phi) is 5.22. The second kappa shape index (κ2) is 8.02. The van der Waals surface area contributed by atoms with Crippen molar-refractivity contribution in [2.75, 3.05) is 19.1 Å². The van der Waals surface area contributed by atoms with Crippen molar-refractivity contribution in [2.45, 2.75) is 15.5 Å². The number of hydrogen-bond donors (Lipinski definition) is 0. The zero-order chi connectivity index (χ0) is 25.3. The molecule has 182 valence electrons. The third-order valence-corrected chi connectivity index (χ3v) is 9.16. The van der Waals surface area contributed by atoms with Gasteiger partial charge in [0.2, 0.25) is 17.6 Å². The number of ether oxygens (including phenoxy) is 2. The zero-order valence-electron chi connectivity index (χ0n) is 19.7. The average Bonchev–Trinajstić information content (AvgIpc) is 3.36. The molecule has 1 heterocycles. The second-order valence-corrected chi connectivity index (χ2v) is 10.4. The van der Waals surface area contributed by atoms with Gasteiger partial charge in [-0.3, -0.25) is 9.59 Å². The average molecular weight is 520 g/mol. The van der Waals surface area contributed by atoms with Gasteiger partial charge in [-0.1, -0.05) is 78.9 Å². The number of methoxy groups -OCH3 is 2. The van der Waals surface area contributed by atoms with Crippen LogP contribution >= 0.6 is 23.2 Å². The number of fused-ring (bicyclic) bond motifs is 5. The van der Waals surface area contributed by atoms with E-state index >= 15 is 0 Å². The van der Waals surface area contributed by atoms with E-state index in [1.807, 2.05) is 66.7 Å². The van der Waals surface area contributed by atoms with Gasteiger partial charge < -0.3 is 9.47 Å². The molecule has 5 nitrogen and oxygen atoms in total. The Bertz CT molecular complexity index is 1310. The Morgan fingerprint density at radius 2 is 1.00 bits per heavy atom. The molecule has 0 aromatic heterocycles. The number of nitrogens with zero attached hydrogens (tertiary/aromatic N) is 1. The fourth-order valence-electron chi connectivity index (χ4n) is 6.58. The number of amides is 2. The Morgan fingerprint density at radius 3 is 1.36 bits per heavy atom. The van der Waals surface area contributed by atoms with Gasteiger partial charge in [0.05, 0.1) is 17.5 Å². The molecule has 0 spiro atoms. The third kappa shape index (κ3) is 2.54. The maximum absolute atomic E-state index is 14.1. The molecule has 0 radical (unpaired) electrons. The largest absolute Gasteiger partial charge is 0.350 e. The normalized spacial score (nSPS) is 30.3. The van der Waals surface area contributed by atoms with Gasteiger partial charge in [-0.15, -0.1) is 23.2 Å². The van der Waals surface area contributed by atoms with Crippen molar-refractivity contribution < 1.29 is 19.1 Å². The minimum atomic E-state index is -1.69. The number of para-hydroxylation sites is 1. The topological polar surface area (TPSA) is 55.8 Å². The summed E-state index contributed by atoms with van der Waals surface area (Å²) in [6.07, 6.45) is 0. The molecule has 7 heteroatoms. The van der Waals surface area contributed by atoms with Crippen LogP contribution in [0.15, 0.2) is 91.0 Å². The molecule has 3 aromatic rings. The summed E-state index contributed by atoms with van der Waals surface area (Å²) in [4.78, 5) is 26.2. The van der Waals surface area contributed by atoms with Gasteiger partial charge in [-0.05, 0) is 34.4 Å². The molecule has 6 rings (SSSR count). The second-order valence-electron chi connectivity index (χ2n) is 9.23. The minimum absolute atomic E-state index is 0.423. The molecule has 2 amide bonds. The van der Waals surface area contributed by atoms with Gasteiger partial charge in [0.25, 0.3) is 0 Å². The minimum Gasteiger partial charge on any atom is -0.350 e. The van der Waals surface area contributed by atoms with E-state index in [1.165, 1.54) is 19.1 Å². The van der Waals surface area contributed by atoms with E-state index in [4.69, 9.17) is 32.7 Å². The highest BCUT2D eigenvalue weighted by Gasteiger charge is 2.89. The molecule has 4 atom stereocenters. The van der Waals surface area contributed by atoms with Crippen LogP contribution in [0.25, 0.3) is 11.1 Å². The maximum atomic E-state index is 14.1. The number of anilines is 1. The highest BCUT2D eigenvalue weighted by Crippen LogP contribution is 2.77. The molecule has 1 saturated carbocycles. The Morgan fingerprint density at radius 1 is 0.639 bits per heavy atom. The van der Waals surface area contributed by atoms with Crippen molar-refractivity contribution in [3.8, 4) is 0 Å². The molecular weight excluding hydrogens is 497 g/mol. The van der Waals surface area contributed by atoms with Crippen LogP contribution in [0.2, 0.25) is 0 Å². The van der Waals surface area contributed by atoms with Crippen LogP contribution in [0.4, 0.5) is 5.69 Å². The summed E-state index contributed by atoms with van der Waals surface area (Å²) in [6.45, 7) is 0. The molecule has 2 fully saturated rings. The van der Waals surface area contributed by atoms with Gasteiger partial charge in [-0.25, -0.2) is 4.90 Å². The third-order valence-electron chi connectivity index (χ3n) is 7.81. The first-order chi connectivity index (χ1) is 17.4. The number of benzene rings is 3. The molecule has 1 aliphatic heterocycles. The number of alkyl halides is 2. The van der Waals surface area contributed by atoms with Gasteiger partial charge in [0, 0.05) is 14.2 Å². The molecule has 0 N–H and O–H groups in total. The first-order valence-corrected chi connectivity index (χ1v) is 12.4. The van der Waals surface area contributed by atoms with E-state index in [0.717, 1.165) is 11.1 Å². The molecule has 2 bridgehead atoms. The highest BCUT2D eigenvalue weighted by atomic mass is 35.5. The fraction of sp³-hybridized carbons (Fsp3) is 0.241. The summed E-state index contributed by atoms with van der Waals surface area (Å²) in [5.74, 6) is -4.55. The molecular formula is C29H23Cl2NO4. The lowest BCUT2D eigenvalue weighted by Crippen LogP contribution is -2.60. The summed E-state index contributed by atoms with van der Waals surface area (Å²) in [6, 6.07) is 27.9. The van der Waals surface area contributed by atoms with Crippen molar-refractivity contribution in [3.05, 3.63) is 102 Å². The first-order valence-electron chi connectivity index (χ1n) is 11.7. The summed E-state index contributed by atoms with van der Waals surface area (Å²) in [7, 11) is 2.92. The van der Waals surface area contributed by atoms with Crippen molar-refractivity contribution in [1.29, 1.82) is 0 Å². The first kappa shape index (κ1) is 23.4. The predicted molar refractivity (Wildman–Crippen MR) is 140 cm³/mol. The van der Waals surface area contributed by atoms with Crippen LogP contribution in [0, 0.1) is 11.8 Å². The highest BCUT2D eigenvalue weighted by molar-refractivity contribution is 6.48. The zero-order valence-corrected chi connectivity index (χ0v) is 21.2. The number of halogens is 2. The van der Waals surface area contributed by atoms with E-state index in [9.17, 15) is 9.59 Å². The van der Waals surface area contributed by atoms with E-state index in [0.29, 0.717) is 16.8 Å². The number of carbonyl (C=O) groups is 2. The SMILES string of the molecule is COC1(OC)[C@@]2(Cl)C(c3ccccc3)=C(c3ccccc3)[C@]1(Cl)[C@@H]1C(=O)N(c3ccccc3)C(=O)[C@@H]12. The lowest BCUT2D eigenvalue weighted by Gasteiger charge is -2.43. The lowest BCUT2D eigenvalue weighted by molar-refractivity contribution is -0.217. The van der Waals surface area contributed by atoms with Gasteiger partial charge in [0.15, 0.2) is 0 Å². The molecule has 3 aliphatic rings. The van der Waals surface area contributed by atoms with Crippen LogP contribution in [-0.4, -0.2) is 41.6 Å². The van der Waals surface area contributed by atoms with E-state index < -0.39 is 39.2 Å². The fourth-order valence-corrected chi connectivity index (χ4v) is 8.08. The summed E-state index contributed by atoms with van der Waals surface area (Å²) in [5.41, 5.74) is 3.30.